The maximum absolute atomic E-state index is 13.4. The molecule has 0 spiro atoms. The van der Waals surface area contributed by atoms with E-state index in [1.807, 2.05) is 0 Å². The van der Waals surface area contributed by atoms with Crippen LogP contribution in [-0.2, 0) is 4.74 Å². The molecule has 2 aliphatic heterocycles. The third-order valence-electron chi connectivity index (χ3n) is 4.59. The maximum atomic E-state index is 13.4. The second kappa shape index (κ2) is 5.57. The van der Waals surface area contributed by atoms with Crippen LogP contribution in [0.1, 0.15) is 26.7 Å². The lowest BCUT2D eigenvalue weighted by Gasteiger charge is -2.36. The normalized spacial score (nSPS) is 30.0. The molecule has 2 aliphatic rings. The SMILES string of the molecule is CCC12OC(CC)(C(C(F)(F)F)=C1C(F)(F)F)C(C(F)(F)F)=C2C(F)(F)F. The molecule has 0 aromatic rings. The van der Waals surface area contributed by atoms with Gasteiger partial charge in [0.1, 0.15) is 11.2 Å². The van der Waals surface area contributed by atoms with Gasteiger partial charge in [-0.2, -0.15) is 52.7 Å². The number of halogens is 12. The molecule has 2 bridgehead atoms. The van der Waals surface area contributed by atoms with Crippen molar-refractivity contribution in [1.82, 2.24) is 0 Å². The molecule has 1 nitrogen and oxygen atoms in total. The minimum absolute atomic E-state index is 0.594. The Kier molecular flexibility index (Phi) is 4.52. The zero-order valence-electron chi connectivity index (χ0n) is 13.4. The Morgan fingerprint density at radius 3 is 0.815 bits per heavy atom. The highest BCUT2D eigenvalue weighted by Gasteiger charge is 2.80. The first-order valence-corrected chi connectivity index (χ1v) is 7.30. The van der Waals surface area contributed by atoms with E-state index in [0.717, 1.165) is 0 Å². The molecule has 0 amide bonds. The maximum Gasteiger partial charge on any atom is 0.416 e. The van der Waals surface area contributed by atoms with Crippen LogP contribution in [0.25, 0.3) is 0 Å². The standard InChI is InChI=1S/C14H10F12O/c1-3-9-5(11(15,16)17)7(13(21,22)23)10(4-2,27-9)8(14(24,25)26)6(9)12(18,19)20/h3-4H2,1-2H3. The van der Waals surface area contributed by atoms with Crippen molar-refractivity contribution in [2.24, 2.45) is 0 Å². The van der Waals surface area contributed by atoms with Crippen LogP contribution < -0.4 is 0 Å². The minimum Gasteiger partial charge on any atom is -0.350 e. The van der Waals surface area contributed by atoms with E-state index in [9.17, 15) is 52.7 Å². The van der Waals surface area contributed by atoms with Crippen molar-refractivity contribution in [2.45, 2.75) is 62.6 Å². The smallest absolute Gasteiger partial charge is 0.350 e. The van der Waals surface area contributed by atoms with Gasteiger partial charge in [-0.3, -0.25) is 0 Å². The van der Waals surface area contributed by atoms with Crippen LogP contribution in [0.15, 0.2) is 22.3 Å². The van der Waals surface area contributed by atoms with E-state index in [-0.39, 0.29) is 0 Å². The summed E-state index contributed by atoms with van der Waals surface area (Å²) in [6, 6.07) is 0. The van der Waals surface area contributed by atoms with Gasteiger partial charge in [0.05, 0.1) is 22.3 Å². The summed E-state index contributed by atoms with van der Waals surface area (Å²) in [5.74, 6) is 0. The molecule has 0 aromatic carbocycles. The lowest BCUT2D eigenvalue weighted by atomic mass is 9.69. The molecule has 13 heteroatoms. The summed E-state index contributed by atoms with van der Waals surface area (Å²) in [4.78, 5) is 0. The molecule has 0 saturated carbocycles. The quantitative estimate of drug-likeness (QED) is 0.382. The van der Waals surface area contributed by atoms with Gasteiger partial charge in [0.2, 0.25) is 0 Å². The molecule has 2 rings (SSSR count). The van der Waals surface area contributed by atoms with Gasteiger partial charge in [0, 0.05) is 0 Å². The molecule has 0 radical (unpaired) electrons. The van der Waals surface area contributed by atoms with E-state index in [1.54, 1.807) is 0 Å². The van der Waals surface area contributed by atoms with Crippen molar-refractivity contribution in [3.05, 3.63) is 22.3 Å². The van der Waals surface area contributed by atoms with Crippen molar-refractivity contribution in [3.8, 4) is 0 Å². The Bertz CT molecular complexity index is 590. The van der Waals surface area contributed by atoms with Crippen molar-refractivity contribution < 1.29 is 57.4 Å². The van der Waals surface area contributed by atoms with Gasteiger partial charge in [-0.25, -0.2) is 0 Å². The monoisotopic (exact) mass is 422 g/mol. The summed E-state index contributed by atoms with van der Waals surface area (Å²) < 4.78 is 165. The number of fused-ring (bicyclic) bond motifs is 2. The molecule has 156 valence electrons. The van der Waals surface area contributed by atoms with Crippen LogP contribution in [0, 0.1) is 0 Å². The molecule has 0 N–H and O–H groups in total. The van der Waals surface area contributed by atoms with Gasteiger partial charge in [-0.1, -0.05) is 13.8 Å². The number of hydrogen-bond donors (Lipinski definition) is 0. The van der Waals surface area contributed by atoms with Gasteiger partial charge in [-0.15, -0.1) is 0 Å². The van der Waals surface area contributed by atoms with E-state index in [2.05, 4.69) is 4.74 Å². The largest absolute Gasteiger partial charge is 0.416 e. The summed E-state index contributed by atoms with van der Waals surface area (Å²) in [5, 5.41) is 0. The fourth-order valence-electron chi connectivity index (χ4n) is 3.89. The van der Waals surface area contributed by atoms with Gasteiger partial charge in [0.15, 0.2) is 0 Å². The summed E-state index contributed by atoms with van der Waals surface area (Å²) in [6.07, 6.45) is -26.9. The van der Waals surface area contributed by atoms with Gasteiger partial charge in [0.25, 0.3) is 0 Å². The van der Waals surface area contributed by atoms with Crippen LogP contribution in [0.3, 0.4) is 0 Å². The highest BCUT2D eigenvalue weighted by atomic mass is 19.4. The first-order valence-electron chi connectivity index (χ1n) is 7.30. The highest BCUT2D eigenvalue weighted by molar-refractivity contribution is 5.63. The molecular formula is C14H10F12O. The lowest BCUT2D eigenvalue weighted by Crippen LogP contribution is -2.47. The van der Waals surface area contributed by atoms with Crippen molar-refractivity contribution in [3.63, 3.8) is 0 Å². The topological polar surface area (TPSA) is 9.23 Å². The van der Waals surface area contributed by atoms with Gasteiger partial charge in [-0.05, 0) is 12.8 Å². The van der Waals surface area contributed by atoms with E-state index in [0.29, 0.717) is 13.8 Å². The van der Waals surface area contributed by atoms with Crippen LogP contribution in [0.2, 0.25) is 0 Å². The van der Waals surface area contributed by atoms with E-state index in [1.165, 1.54) is 0 Å². The van der Waals surface area contributed by atoms with Crippen LogP contribution >= 0.6 is 0 Å². The fraction of sp³-hybridized carbons (Fsp3) is 0.714. The molecule has 0 aromatic heterocycles. The molecule has 0 saturated heterocycles. The van der Waals surface area contributed by atoms with Gasteiger partial charge >= 0.3 is 24.7 Å². The van der Waals surface area contributed by atoms with Crippen molar-refractivity contribution in [1.29, 1.82) is 0 Å². The summed E-state index contributed by atoms with van der Waals surface area (Å²) in [5.41, 5.74) is -19.1. The van der Waals surface area contributed by atoms with Crippen LogP contribution in [0.4, 0.5) is 52.7 Å². The second-order valence-corrected chi connectivity index (χ2v) is 5.95. The summed E-state index contributed by atoms with van der Waals surface area (Å²) in [7, 11) is 0. The minimum atomic E-state index is -6.01. The molecule has 0 aliphatic carbocycles. The van der Waals surface area contributed by atoms with Crippen LogP contribution in [0.5, 0.6) is 0 Å². The number of ether oxygens (including phenoxy) is 1. The van der Waals surface area contributed by atoms with E-state index < -0.39 is 71.0 Å². The Balaban J connectivity index is 3.12. The average Bonchev–Trinajstić information content (AvgIpc) is 2.91. The van der Waals surface area contributed by atoms with Crippen LogP contribution in [-0.4, -0.2) is 35.9 Å². The summed E-state index contributed by atoms with van der Waals surface area (Å²) in [6.45, 7) is 1.19. The summed E-state index contributed by atoms with van der Waals surface area (Å²) >= 11 is 0. The average molecular weight is 422 g/mol. The fourth-order valence-corrected chi connectivity index (χ4v) is 3.89. The predicted octanol–water partition coefficient (Wildman–Crippen LogP) is 6.17. The first-order chi connectivity index (χ1) is 11.8. The lowest BCUT2D eigenvalue weighted by molar-refractivity contribution is -0.150. The Morgan fingerprint density at radius 2 is 0.704 bits per heavy atom. The number of hydrogen-bond acceptors (Lipinski definition) is 1. The number of alkyl halides is 12. The molecule has 0 atom stereocenters. The predicted molar refractivity (Wildman–Crippen MR) is 65.4 cm³/mol. The molecule has 0 fully saturated rings. The Morgan fingerprint density at radius 1 is 0.519 bits per heavy atom. The van der Waals surface area contributed by atoms with E-state index >= 15 is 0 Å². The molecule has 27 heavy (non-hydrogen) atoms. The molecule has 0 unspecified atom stereocenters. The van der Waals surface area contributed by atoms with Gasteiger partial charge < -0.3 is 4.74 Å². The Labute approximate surface area is 143 Å². The first kappa shape index (κ1) is 21.9. The third kappa shape index (κ3) is 2.83. The zero-order valence-corrected chi connectivity index (χ0v) is 13.4. The van der Waals surface area contributed by atoms with Crippen molar-refractivity contribution in [2.75, 3.05) is 0 Å². The zero-order chi connectivity index (χ0) is 21.4. The molecule has 2 heterocycles. The second-order valence-electron chi connectivity index (χ2n) is 5.95. The third-order valence-corrected chi connectivity index (χ3v) is 4.59. The highest BCUT2D eigenvalue weighted by Crippen LogP contribution is 2.70. The van der Waals surface area contributed by atoms with Crippen molar-refractivity contribution >= 4 is 0 Å². The van der Waals surface area contributed by atoms with E-state index in [4.69, 9.17) is 0 Å². The number of rotatable bonds is 2. The molecular weight excluding hydrogens is 412 g/mol. The Hall–Kier alpha value is -1.40.